The highest BCUT2D eigenvalue weighted by molar-refractivity contribution is 8.27. The molecule has 0 spiro atoms. The molecule has 1 saturated heterocycles. The number of benzene rings is 2. The highest BCUT2D eigenvalue weighted by Gasteiger charge is 2.37. The van der Waals surface area contributed by atoms with Crippen molar-refractivity contribution in [3.8, 4) is 17.2 Å². The first-order chi connectivity index (χ1) is 16.4. The molecule has 1 aliphatic heterocycles. The Hall–Kier alpha value is -3.56. The van der Waals surface area contributed by atoms with Gasteiger partial charge in [0.05, 0.1) is 23.4 Å². The van der Waals surface area contributed by atoms with Crippen molar-refractivity contribution >= 4 is 46.0 Å². The fourth-order valence-electron chi connectivity index (χ4n) is 3.67. The maximum atomic E-state index is 13.4. The average molecular weight is 494 g/mol. The first kappa shape index (κ1) is 23.6. The molecule has 9 heteroatoms. The summed E-state index contributed by atoms with van der Waals surface area (Å²) in [6.07, 6.45) is 3.38. The minimum atomic E-state index is -0.341. The molecule has 4 rings (SSSR count). The highest BCUT2D eigenvalue weighted by Crippen LogP contribution is 2.37. The van der Waals surface area contributed by atoms with E-state index in [2.05, 4.69) is 6.58 Å². The Morgan fingerprint density at radius 2 is 1.85 bits per heavy atom. The van der Waals surface area contributed by atoms with Crippen LogP contribution < -0.4 is 19.9 Å². The number of carbonyl (C=O) groups excluding carboxylic acids is 1. The van der Waals surface area contributed by atoms with Gasteiger partial charge in [-0.05, 0) is 42.8 Å². The molecule has 0 radical (unpaired) electrons. The normalized spacial score (nSPS) is 14.7. The maximum absolute atomic E-state index is 13.4. The number of para-hydroxylation sites is 1. The monoisotopic (exact) mass is 493 g/mol. The van der Waals surface area contributed by atoms with Crippen LogP contribution in [0.4, 0.5) is 5.69 Å². The minimum Gasteiger partial charge on any atom is -0.493 e. The van der Waals surface area contributed by atoms with Gasteiger partial charge in [-0.3, -0.25) is 19.2 Å². The maximum Gasteiger partial charge on any atom is 0.296 e. The topological polar surface area (TPSA) is 65.7 Å². The van der Waals surface area contributed by atoms with E-state index in [0.29, 0.717) is 38.7 Å². The summed E-state index contributed by atoms with van der Waals surface area (Å²) < 4.78 is 14.6. The predicted octanol–water partition coefficient (Wildman–Crippen LogP) is 4.46. The van der Waals surface area contributed by atoms with Crippen LogP contribution in [-0.2, 0) is 11.8 Å². The van der Waals surface area contributed by atoms with Gasteiger partial charge < -0.3 is 9.47 Å². The Morgan fingerprint density at radius 1 is 1.12 bits per heavy atom. The molecule has 0 unspecified atom stereocenters. The van der Waals surface area contributed by atoms with Crippen molar-refractivity contribution in [3.05, 3.63) is 87.7 Å². The number of thiocarbonyl (C=S) groups is 1. The van der Waals surface area contributed by atoms with E-state index in [1.165, 1.54) is 9.58 Å². The van der Waals surface area contributed by atoms with E-state index in [1.807, 2.05) is 36.4 Å². The number of carbonyl (C=O) groups is 1. The lowest BCUT2D eigenvalue weighted by molar-refractivity contribution is -0.113. The number of hydrogen-bond donors (Lipinski definition) is 0. The van der Waals surface area contributed by atoms with E-state index in [1.54, 1.807) is 50.0 Å². The minimum absolute atomic E-state index is 0.253. The number of rotatable bonds is 7. The number of hydrogen-bond acceptors (Lipinski definition) is 6. The van der Waals surface area contributed by atoms with E-state index >= 15 is 0 Å². The summed E-state index contributed by atoms with van der Waals surface area (Å²) in [5, 5.41) is 0. The van der Waals surface area contributed by atoms with Crippen molar-refractivity contribution in [3.63, 3.8) is 0 Å². The highest BCUT2D eigenvalue weighted by atomic mass is 32.2. The van der Waals surface area contributed by atoms with E-state index in [9.17, 15) is 9.59 Å². The van der Waals surface area contributed by atoms with Crippen molar-refractivity contribution < 1.29 is 14.3 Å². The number of methoxy groups -OCH3 is 1. The van der Waals surface area contributed by atoms with Crippen molar-refractivity contribution in [1.29, 1.82) is 0 Å². The lowest BCUT2D eigenvalue weighted by Crippen LogP contribution is -2.33. The molecule has 0 aliphatic carbocycles. The Kier molecular flexibility index (Phi) is 6.76. The molecule has 0 bridgehead atoms. The number of amides is 1. The summed E-state index contributed by atoms with van der Waals surface area (Å²) in [5.41, 5.74) is 2.03. The standard InChI is InChI=1S/C25H23N3O4S2/c1-5-13-32-19-12-11-17(14-20(19)31-4)15-21-23(29)27(25(33)34-21)22-16(2)26(3)28(24(22)30)18-9-7-6-8-10-18/h5-12,14-15H,1,13H2,2-4H3/b21-15+. The smallest absolute Gasteiger partial charge is 0.296 e. The van der Waals surface area contributed by atoms with Crippen LogP contribution in [-0.4, -0.2) is 33.3 Å². The Bertz CT molecular complexity index is 1370. The largest absolute Gasteiger partial charge is 0.493 e. The second-order valence-corrected chi connectivity index (χ2v) is 9.11. The summed E-state index contributed by atoms with van der Waals surface area (Å²) >= 11 is 6.67. The van der Waals surface area contributed by atoms with Crippen molar-refractivity contribution in [2.24, 2.45) is 7.05 Å². The van der Waals surface area contributed by atoms with Crippen molar-refractivity contribution in [2.45, 2.75) is 6.92 Å². The van der Waals surface area contributed by atoms with Gasteiger partial charge in [-0.15, -0.1) is 0 Å². The Labute approximate surface area is 206 Å². The van der Waals surface area contributed by atoms with Crippen LogP contribution in [0.15, 0.2) is 70.9 Å². The van der Waals surface area contributed by atoms with Crippen LogP contribution in [0.1, 0.15) is 11.3 Å². The molecule has 174 valence electrons. The van der Waals surface area contributed by atoms with Crippen molar-refractivity contribution in [2.75, 3.05) is 18.6 Å². The van der Waals surface area contributed by atoms with Crippen LogP contribution in [0, 0.1) is 6.92 Å². The summed E-state index contributed by atoms with van der Waals surface area (Å²) in [5.74, 6) is 0.774. The van der Waals surface area contributed by atoms with Gasteiger partial charge in [-0.2, -0.15) is 0 Å². The molecular formula is C25H23N3O4S2. The molecule has 2 aromatic carbocycles. The molecule has 3 aromatic rings. The van der Waals surface area contributed by atoms with E-state index < -0.39 is 0 Å². The lowest BCUT2D eigenvalue weighted by atomic mass is 10.2. The van der Waals surface area contributed by atoms with Gasteiger partial charge in [0.15, 0.2) is 15.8 Å². The van der Waals surface area contributed by atoms with Crippen molar-refractivity contribution in [1.82, 2.24) is 9.36 Å². The summed E-state index contributed by atoms with van der Waals surface area (Å²) in [4.78, 5) is 28.5. The number of anilines is 1. The zero-order chi connectivity index (χ0) is 24.4. The molecule has 1 aliphatic rings. The summed E-state index contributed by atoms with van der Waals surface area (Å²) in [6.45, 7) is 5.79. The first-order valence-corrected chi connectivity index (χ1v) is 11.6. The summed E-state index contributed by atoms with van der Waals surface area (Å²) in [6, 6.07) is 14.6. The SMILES string of the molecule is C=CCOc1ccc(/C=C2/SC(=S)N(c3c(C)n(C)n(-c4ccccc4)c3=O)C2=O)cc1OC. The van der Waals surface area contributed by atoms with Gasteiger partial charge >= 0.3 is 0 Å². The van der Waals surface area contributed by atoms with Crippen LogP contribution in [0.2, 0.25) is 0 Å². The first-order valence-electron chi connectivity index (χ1n) is 10.4. The van der Waals surface area contributed by atoms with Crippen LogP contribution in [0.3, 0.4) is 0 Å². The molecule has 0 saturated carbocycles. The van der Waals surface area contributed by atoms with Gasteiger partial charge in [-0.25, -0.2) is 4.68 Å². The number of thioether (sulfide) groups is 1. The quantitative estimate of drug-likeness (QED) is 0.275. The fraction of sp³-hybridized carbons (Fsp3) is 0.160. The third-order valence-corrected chi connectivity index (χ3v) is 6.69. The van der Waals surface area contributed by atoms with Gasteiger partial charge in [0.2, 0.25) is 0 Å². The van der Waals surface area contributed by atoms with Gasteiger partial charge in [-0.1, -0.05) is 60.9 Å². The van der Waals surface area contributed by atoms with Crippen LogP contribution in [0.5, 0.6) is 11.5 Å². The van der Waals surface area contributed by atoms with Gasteiger partial charge in [0.1, 0.15) is 12.3 Å². The van der Waals surface area contributed by atoms with Gasteiger partial charge in [0.25, 0.3) is 11.5 Å². The molecule has 34 heavy (non-hydrogen) atoms. The molecule has 1 amide bonds. The Balaban J connectivity index is 1.70. The van der Waals surface area contributed by atoms with Gasteiger partial charge in [0, 0.05) is 7.05 Å². The fourth-order valence-corrected chi connectivity index (χ4v) is 4.94. The zero-order valence-corrected chi connectivity index (χ0v) is 20.6. The molecule has 7 nitrogen and oxygen atoms in total. The number of ether oxygens (including phenoxy) is 2. The average Bonchev–Trinajstić information content (AvgIpc) is 3.23. The van der Waals surface area contributed by atoms with Crippen LogP contribution in [0.25, 0.3) is 11.8 Å². The predicted molar refractivity (Wildman–Crippen MR) is 140 cm³/mol. The zero-order valence-electron chi connectivity index (χ0n) is 19.0. The third kappa shape index (κ3) is 4.20. The van der Waals surface area contributed by atoms with E-state index in [-0.39, 0.29) is 17.2 Å². The Morgan fingerprint density at radius 3 is 2.53 bits per heavy atom. The number of nitrogens with zero attached hydrogens (tertiary/aromatic N) is 3. The molecule has 0 N–H and O–H groups in total. The second-order valence-electron chi connectivity index (χ2n) is 7.44. The van der Waals surface area contributed by atoms with E-state index in [4.69, 9.17) is 21.7 Å². The molecule has 1 aromatic heterocycles. The second kappa shape index (κ2) is 9.74. The summed E-state index contributed by atoms with van der Waals surface area (Å²) in [7, 11) is 3.33. The molecule has 1 fully saturated rings. The molecular weight excluding hydrogens is 470 g/mol. The molecule has 2 heterocycles. The van der Waals surface area contributed by atoms with Crippen LogP contribution >= 0.6 is 24.0 Å². The third-order valence-electron chi connectivity index (χ3n) is 5.38. The molecule has 0 atom stereocenters. The number of aromatic nitrogens is 2. The lowest BCUT2D eigenvalue weighted by Gasteiger charge is -2.12. The van der Waals surface area contributed by atoms with E-state index in [0.717, 1.165) is 17.3 Å².